The highest BCUT2D eigenvalue weighted by Gasteiger charge is 2.60. The molecule has 0 bridgehead atoms. The fourth-order valence-electron chi connectivity index (χ4n) is 5.62. The summed E-state index contributed by atoms with van der Waals surface area (Å²) in [5, 5.41) is 0. The molecule has 8 heteroatoms. The maximum Gasteiger partial charge on any atom is 0.345 e. The van der Waals surface area contributed by atoms with E-state index in [1.165, 1.54) is 12.1 Å². The largest absolute Gasteiger partial charge is 0.382 e. The third-order valence-corrected chi connectivity index (χ3v) is 7.12. The van der Waals surface area contributed by atoms with Crippen LogP contribution in [0.5, 0.6) is 0 Å². The summed E-state index contributed by atoms with van der Waals surface area (Å²) in [6.45, 7) is -0.991. The van der Waals surface area contributed by atoms with Gasteiger partial charge in [0.2, 0.25) is 0 Å². The number of halogens is 4. The molecule has 1 aliphatic heterocycles. The van der Waals surface area contributed by atoms with Crippen molar-refractivity contribution < 1.29 is 22.3 Å². The average Bonchev–Trinajstić information content (AvgIpc) is 3.16. The third kappa shape index (κ3) is 3.23. The van der Waals surface area contributed by atoms with Gasteiger partial charge in [-0.25, -0.2) is 13.8 Å². The Kier molecular flexibility index (Phi) is 4.89. The quantitative estimate of drug-likeness (QED) is 0.649. The second-order valence-electron chi connectivity index (χ2n) is 8.95. The van der Waals surface area contributed by atoms with E-state index >= 15 is 0 Å². The maximum absolute atomic E-state index is 13.8. The Morgan fingerprint density at radius 2 is 1.69 bits per heavy atom. The molecule has 1 saturated carbocycles. The van der Waals surface area contributed by atoms with Crippen LogP contribution in [0.3, 0.4) is 0 Å². The van der Waals surface area contributed by atoms with Gasteiger partial charge >= 0.3 is 6.61 Å². The van der Waals surface area contributed by atoms with E-state index in [1.54, 1.807) is 6.92 Å². The molecule has 2 aromatic rings. The molecule has 0 radical (unpaired) electrons. The van der Waals surface area contributed by atoms with E-state index in [2.05, 4.69) is 0 Å². The molecule has 1 heterocycles. The molecule has 0 aromatic heterocycles. The normalized spacial score (nSPS) is 29.0. The zero-order valence-corrected chi connectivity index (χ0v) is 17.5. The zero-order valence-electron chi connectivity index (χ0n) is 17.5. The Balaban J connectivity index is 1.59. The van der Waals surface area contributed by atoms with Crippen molar-refractivity contribution >= 4 is 11.5 Å². The summed E-state index contributed by atoms with van der Waals surface area (Å²) in [4.78, 5) is 9.75. The molecule has 2 N–H and O–H groups in total. The minimum Gasteiger partial charge on any atom is -0.382 e. The van der Waals surface area contributed by atoms with Crippen LogP contribution in [0.4, 0.5) is 17.6 Å². The van der Waals surface area contributed by atoms with E-state index in [9.17, 15) is 17.6 Å². The number of amidine groups is 1. The highest BCUT2D eigenvalue weighted by Crippen LogP contribution is 2.62. The Morgan fingerprint density at radius 1 is 1.00 bits per heavy atom. The van der Waals surface area contributed by atoms with E-state index in [4.69, 9.17) is 20.5 Å². The SMILES string of the molecule is CC1=N[C@]2(N=C1N)c1cc(-c3cc(F)cc(F)c3)ccc1CC21CCC(OC(F)F)CC1. The van der Waals surface area contributed by atoms with Gasteiger partial charge in [0.1, 0.15) is 17.5 Å². The van der Waals surface area contributed by atoms with Crippen molar-refractivity contribution in [3.63, 3.8) is 0 Å². The molecule has 0 amide bonds. The van der Waals surface area contributed by atoms with Crippen LogP contribution in [0, 0.1) is 17.0 Å². The van der Waals surface area contributed by atoms with Gasteiger partial charge < -0.3 is 10.5 Å². The first kappa shape index (κ1) is 21.1. The summed E-state index contributed by atoms with van der Waals surface area (Å²) in [7, 11) is 0. The summed E-state index contributed by atoms with van der Waals surface area (Å²) in [5.41, 5.74) is 8.38. The molecule has 1 fully saturated rings. The number of aliphatic imine (C=N–C) groups is 2. The van der Waals surface area contributed by atoms with Gasteiger partial charge in [-0.1, -0.05) is 12.1 Å². The molecule has 32 heavy (non-hydrogen) atoms. The number of nitrogens with zero attached hydrogens (tertiary/aromatic N) is 2. The minimum absolute atomic E-state index is 0.352. The average molecular weight is 445 g/mol. The zero-order chi connectivity index (χ0) is 22.7. The number of nitrogens with two attached hydrogens (primary N) is 1. The summed E-state index contributed by atoms with van der Waals surface area (Å²) >= 11 is 0. The van der Waals surface area contributed by atoms with Crippen molar-refractivity contribution in [1.29, 1.82) is 0 Å². The molecule has 0 saturated heterocycles. The number of rotatable bonds is 3. The molecule has 2 aliphatic carbocycles. The van der Waals surface area contributed by atoms with Crippen LogP contribution in [-0.2, 0) is 16.8 Å². The van der Waals surface area contributed by atoms with Gasteiger partial charge in [0.15, 0.2) is 5.66 Å². The number of hydrogen-bond donors (Lipinski definition) is 1. The first-order valence-electron chi connectivity index (χ1n) is 10.7. The van der Waals surface area contributed by atoms with E-state index in [-0.39, 0.29) is 0 Å². The van der Waals surface area contributed by atoms with Gasteiger partial charge in [-0.05, 0) is 73.9 Å². The summed E-state index contributed by atoms with van der Waals surface area (Å²) in [6, 6.07) is 9.08. The highest BCUT2D eigenvalue weighted by molar-refractivity contribution is 6.41. The van der Waals surface area contributed by atoms with E-state index in [0.717, 1.165) is 17.2 Å². The second-order valence-corrected chi connectivity index (χ2v) is 8.95. The number of ether oxygens (including phenoxy) is 1. The Morgan fingerprint density at radius 3 is 2.28 bits per heavy atom. The fourth-order valence-corrected chi connectivity index (χ4v) is 5.62. The van der Waals surface area contributed by atoms with Gasteiger partial charge in [-0.15, -0.1) is 0 Å². The van der Waals surface area contributed by atoms with Crippen LogP contribution in [0.15, 0.2) is 46.4 Å². The fraction of sp³-hybridized carbons (Fsp3) is 0.417. The summed E-state index contributed by atoms with van der Waals surface area (Å²) < 4.78 is 57.9. The minimum atomic E-state index is -2.79. The number of alkyl halides is 2. The van der Waals surface area contributed by atoms with Crippen molar-refractivity contribution in [1.82, 2.24) is 0 Å². The lowest BCUT2D eigenvalue weighted by Gasteiger charge is -2.44. The topological polar surface area (TPSA) is 60.0 Å². The molecule has 2 aromatic carbocycles. The van der Waals surface area contributed by atoms with Gasteiger partial charge in [0.25, 0.3) is 0 Å². The Hall–Kier alpha value is -2.74. The number of benzene rings is 2. The molecule has 5 rings (SSSR count). The van der Waals surface area contributed by atoms with Gasteiger partial charge in [0.05, 0.1) is 11.8 Å². The first-order valence-corrected chi connectivity index (χ1v) is 10.7. The second kappa shape index (κ2) is 7.40. The van der Waals surface area contributed by atoms with E-state index < -0.39 is 35.4 Å². The first-order chi connectivity index (χ1) is 15.2. The maximum atomic E-state index is 13.8. The molecule has 3 aliphatic rings. The van der Waals surface area contributed by atoms with Crippen LogP contribution in [-0.4, -0.2) is 24.3 Å². The lowest BCUT2D eigenvalue weighted by molar-refractivity contribution is -0.177. The molecule has 1 atom stereocenters. The molecule has 0 unspecified atom stereocenters. The Labute approximate surface area is 183 Å². The summed E-state index contributed by atoms with van der Waals surface area (Å²) in [6.07, 6.45) is 2.35. The summed E-state index contributed by atoms with van der Waals surface area (Å²) in [5.74, 6) is -0.951. The van der Waals surface area contributed by atoms with Crippen molar-refractivity contribution in [3.8, 4) is 11.1 Å². The number of hydrogen-bond acceptors (Lipinski definition) is 4. The lowest BCUT2D eigenvalue weighted by Crippen LogP contribution is -2.43. The van der Waals surface area contributed by atoms with Crippen molar-refractivity contribution in [2.24, 2.45) is 21.1 Å². The number of fused-ring (bicyclic) bond motifs is 3. The molecule has 2 spiro atoms. The predicted molar refractivity (Wildman–Crippen MR) is 114 cm³/mol. The van der Waals surface area contributed by atoms with Crippen molar-refractivity contribution in [2.75, 3.05) is 0 Å². The van der Waals surface area contributed by atoms with E-state index in [0.29, 0.717) is 54.8 Å². The van der Waals surface area contributed by atoms with E-state index in [1.807, 2.05) is 18.2 Å². The standard InChI is InChI=1S/C24H23F4N3O/c1-13-21(29)31-24(30-13)20-10-14(16-8-17(25)11-18(26)9-16)2-3-15(20)12-23(24)6-4-19(5-7-23)32-22(27)28/h2-3,8-11,19,22H,4-7,12H2,1H3,(H2,29,31)/t19?,23?,24-/m0/s1. The van der Waals surface area contributed by atoms with Crippen LogP contribution in [0.25, 0.3) is 11.1 Å². The van der Waals surface area contributed by atoms with Crippen LogP contribution in [0.2, 0.25) is 0 Å². The highest BCUT2D eigenvalue weighted by atomic mass is 19.3. The Bertz CT molecular complexity index is 1100. The molecular formula is C24H23F4N3O. The van der Waals surface area contributed by atoms with Crippen molar-refractivity contribution in [3.05, 3.63) is 59.2 Å². The van der Waals surface area contributed by atoms with Crippen LogP contribution in [0.1, 0.15) is 43.7 Å². The molecule has 4 nitrogen and oxygen atoms in total. The lowest BCUT2D eigenvalue weighted by atomic mass is 9.65. The van der Waals surface area contributed by atoms with Gasteiger partial charge in [-0.2, -0.15) is 8.78 Å². The smallest absolute Gasteiger partial charge is 0.345 e. The molecular weight excluding hydrogens is 422 g/mol. The third-order valence-electron chi connectivity index (χ3n) is 7.12. The van der Waals surface area contributed by atoms with Gasteiger partial charge in [-0.3, -0.25) is 4.99 Å². The van der Waals surface area contributed by atoms with Crippen LogP contribution >= 0.6 is 0 Å². The van der Waals surface area contributed by atoms with Crippen molar-refractivity contribution in [2.45, 2.75) is 57.4 Å². The molecule has 168 valence electrons. The predicted octanol–water partition coefficient (Wildman–Crippen LogP) is 5.34. The van der Waals surface area contributed by atoms with Gasteiger partial charge in [0, 0.05) is 17.0 Å². The van der Waals surface area contributed by atoms with Crippen LogP contribution < -0.4 is 5.73 Å². The monoisotopic (exact) mass is 445 g/mol.